The molecule has 0 saturated heterocycles. The van der Waals surface area contributed by atoms with Crippen LogP contribution in [0.3, 0.4) is 0 Å². The summed E-state index contributed by atoms with van der Waals surface area (Å²) in [6.45, 7) is 0. The van der Waals surface area contributed by atoms with Crippen LogP contribution < -0.4 is 5.32 Å². The van der Waals surface area contributed by atoms with E-state index >= 15 is 0 Å². The number of aromatic nitrogens is 1. The van der Waals surface area contributed by atoms with Gasteiger partial charge in [-0.15, -0.1) is 0 Å². The maximum absolute atomic E-state index is 11.4. The molecule has 1 aromatic rings. The summed E-state index contributed by atoms with van der Waals surface area (Å²) in [6.07, 6.45) is 5.55. The highest BCUT2D eigenvalue weighted by Crippen LogP contribution is 2.25. The lowest BCUT2D eigenvalue weighted by molar-refractivity contribution is -0.384. The van der Waals surface area contributed by atoms with Gasteiger partial charge in [-0.05, 0) is 18.9 Å². The number of nitrogens with zero attached hydrogens (tertiary/aromatic N) is 2. The number of hydrogen-bond donors (Lipinski definition) is 1. The highest BCUT2D eigenvalue weighted by atomic mass is 16.6. The van der Waals surface area contributed by atoms with Gasteiger partial charge < -0.3 is 10.1 Å². The van der Waals surface area contributed by atoms with Crippen molar-refractivity contribution in [1.82, 2.24) is 4.98 Å². The van der Waals surface area contributed by atoms with Crippen LogP contribution in [-0.4, -0.2) is 29.0 Å². The first-order chi connectivity index (χ1) is 9.11. The summed E-state index contributed by atoms with van der Waals surface area (Å²) >= 11 is 0. The second kappa shape index (κ2) is 5.47. The quantitative estimate of drug-likeness (QED) is 0.386. The summed E-state index contributed by atoms with van der Waals surface area (Å²) in [5, 5.41) is 13.9. The third-order valence-electron chi connectivity index (χ3n) is 2.81. The highest BCUT2D eigenvalue weighted by molar-refractivity contribution is 5.88. The molecule has 0 bridgehead atoms. The second-order valence-corrected chi connectivity index (χ2v) is 4.10. The van der Waals surface area contributed by atoms with Gasteiger partial charge in [0.2, 0.25) is 5.82 Å². The fourth-order valence-corrected chi connectivity index (χ4v) is 1.85. The molecule has 0 unspecified atom stereocenters. The van der Waals surface area contributed by atoms with Gasteiger partial charge in [-0.1, -0.05) is 12.2 Å². The van der Waals surface area contributed by atoms with E-state index in [9.17, 15) is 14.9 Å². The molecule has 0 aromatic carbocycles. The number of esters is 1. The van der Waals surface area contributed by atoms with Gasteiger partial charge in [0.05, 0.1) is 12.0 Å². The molecule has 7 heteroatoms. The van der Waals surface area contributed by atoms with Crippen molar-refractivity contribution in [3.8, 4) is 0 Å². The standard InChI is InChI=1S/C12H13N3O4/c1-19-12(16)9-6-7-10(15(17)18)11(14-9)13-8-4-2-3-5-8/h2-3,6-8H,4-5H2,1H3,(H,13,14). The number of methoxy groups -OCH3 is 1. The smallest absolute Gasteiger partial charge is 0.356 e. The minimum Gasteiger partial charge on any atom is -0.464 e. The van der Waals surface area contributed by atoms with Crippen LogP contribution in [0.1, 0.15) is 23.3 Å². The molecule has 1 aromatic heterocycles. The lowest BCUT2D eigenvalue weighted by atomic mass is 10.2. The summed E-state index contributed by atoms with van der Waals surface area (Å²) in [5.74, 6) is -0.524. The van der Waals surface area contributed by atoms with Gasteiger partial charge in [0.15, 0.2) is 5.69 Å². The Hall–Kier alpha value is -2.44. The summed E-state index contributed by atoms with van der Waals surface area (Å²) in [7, 11) is 1.24. The molecule has 2 rings (SSSR count). The van der Waals surface area contributed by atoms with Crippen LogP contribution >= 0.6 is 0 Å². The molecule has 100 valence electrons. The summed E-state index contributed by atoms with van der Waals surface area (Å²) in [4.78, 5) is 25.8. The molecule has 7 nitrogen and oxygen atoms in total. The Labute approximate surface area is 109 Å². The Balaban J connectivity index is 2.30. The molecule has 1 N–H and O–H groups in total. The number of carbonyl (C=O) groups excluding carboxylic acids is 1. The molecule has 1 aliphatic rings. The van der Waals surface area contributed by atoms with Gasteiger partial charge in [0.1, 0.15) is 0 Å². The first-order valence-corrected chi connectivity index (χ1v) is 5.77. The monoisotopic (exact) mass is 263 g/mol. The van der Waals surface area contributed by atoms with E-state index in [1.54, 1.807) is 0 Å². The first kappa shape index (κ1) is 13.0. The summed E-state index contributed by atoms with van der Waals surface area (Å²) < 4.78 is 4.55. The van der Waals surface area contributed by atoms with Crippen LogP contribution in [-0.2, 0) is 4.74 Å². The largest absolute Gasteiger partial charge is 0.464 e. The summed E-state index contributed by atoms with van der Waals surface area (Å²) in [5.41, 5.74) is -0.110. The van der Waals surface area contributed by atoms with E-state index in [4.69, 9.17) is 0 Å². The predicted molar refractivity (Wildman–Crippen MR) is 68.0 cm³/mol. The van der Waals surface area contributed by atoms with Gasteiger partial charge in [0, 0.05) is 12.1 Å². The number of anilines is 1. The number of nitro groups is 1. The molecule has 0 atom stereocenters. The van der Waals surface area contributed by atoms with Crippen molar-refractivity contribution in [3.05, 3.63) is 40.1 Å². The lowest BCUT2D eigenvalue weighted by Gasteiger charge is -2.13. The van der Waals surface area contributed by atoms with E-state index in [2.05, 4.69) is 15.0 Å². The Morgan fingerprint density at radius 3 is 2.74 bits per heavy atom. The predicted octanol–water partition coefficient (Wildman–Crippen LogP) is 1.91. The fraction of sp³-hybridized carbons (Fsp3) is 0.333. The van der Waals surface area contributed by atoms with Crippen molar-refractivity contribution in [2.45, 2.75) is 18.9 Å². The SMILES string of the molecule is COC(=O)c1ccc([N+](=O)[O-])c(NC2CC=CC2)n1. The number of rotatable bonds is 4. The van der Waals surface area contributed by atoms with Gasteiger partial charge in [-0.2, -0.15) is 0 Å². The van der Waals surface area contributed by atoms with E-state index in [-0.39, 0.29) is 23.2 Å². The molecule has 0 spiro atoms. The van der Waals surface area contributed by atoms with Gasteiger partial charge in [-0.25, -0.2) is 9.78 Å². The molecule has 0 amide bonds. The van der Waals surface area contributed by atoms with Crippen LogP contribution in [0, 0.1) is 10.1 Å². The molecule has 1 aliphatic carbocycles. The van der Waals surface area contributed by atoms with Crippen molar-refractivity contribution in [2.75, 3.05) is 12.4 Å². The van der Waals surface area contributed by atoms with Crippen molar-refractivity contribution in [1.29, 1.82) is 0 Å². The first-order valence-electron chi connectivity index (χ1n) is 5.77. The van der Waals surface area contributed by atoms with Crippen molar-refractivity contribution < 1.29 is 14.5 Å². The third kappa shape index (κ3) is 2.87. The van der Waals surface area contributed by atoms with Crippen LogP contribution in [0.25, 0.3) is 0 Å². The Morgan fingerprint density at radius 2 is 2.16 bits per heavy atom. The fourth-order valence-electron chi connectivity index (χ4n) is 1.85. The molecule has 0 fully saturated rings. The van der Waals surface area contributed by atoms with Crippen molar-refractivity contribution in [2.24, 2.45) is 0 Å². The zero-order valence-electron chi connectivity index (χ0n) is 10.3. The van der Waals surface area contributed by atoms with Crippen LogP contribution in [0.4, 0.5) is 11.5 Å². The average Bonchev–Trinajstić information content (AvgIpc) is 2.90. The van der Waals surface area contributed by atoms with Crippen LogP contribution in [0.2, 0.25) is 0 Å². The van der Waals surface area contributed by atoms with E-state index in [0.29, 0.717) is 0 Å². The van der Waals surface area contributed by atoms with E-state index < -0.39 is 10.9 Å². The number of ether oxygens (including phenoxy) is 1. The normalized spacial score (nSPS) is 14.4. The van der Waals surface area contributed by atoms with E-state index in [1.807, 2.05) is 12.2 Å². The number of pyridine rings is 1. The minimum atomic E-state index is -0.623. The van der Waals surface area contributed by atoms with Crippen molar-refractivity contribution in [3.63, 3.8) is 0 Å². The Bertz CT molecular complexity index is 534. The molecule has 0 aliphatic heterocycles. The summed E-state index contributed by atoms with van der Waals surface area (Å²) in [6, 6.07) is 2.60. The highest BCUT2D eigenvalue weighted by Gasteiger charge is 2.21. The number of nitrogens with one attached hydrogen (secondary N) is 1. The molecular weight excluding hydrogens is 250 g/mol. The minimum absolute atomic E-state index is 0.0431. The van der Waals surface area contributed by atoms with Crippen molar-refractivity contribution >= 4 is 17.5 Å². The molecule has 1 heterocycles. The zero-order valence-corrected chi connectivity index (χ0v) is 10.3. The third-order valence-corrected chi connectivity index (χ3v) is 2.81. The van der Waals surface area contributed by atoms with E-state index in [0.717, 1.165) is 12.8 Å². The molecule has 19 heavy (non-hydrogen) atoms. The van der Waals surface area contributed by atoms with Gasteiger partial charge in [-0.3, -0.25) is 10.1 Å². The van der Waals surface area contributed by atoms with Gasteiger partial charge >= 0.3 is 11.7 Å². The second-order valence-electron chi connectivity index (χ2n) is 4.10. The number of carbonyl (C=O) groups is 1. The zero-order chi connectivity index (χ0) is 13.8. The van der Waals surface area contributed by atoms with Gasteiger partial charge in [0.25, 0.3) is 0 Å². The Morgan fingerprint density at radius 1 is 1.47 bits per heavy atom. The molecule has 0 saturated carbocycles. The topological polar surface area (TPSA) is 94.4 Å². The molecule has 0 radical (unpaired) electrons. The average molecular weight is 263 g/mol. The Kier molecular flexibility index (Phi) is 3.74. The van der Waals surface area contributed by atoms with Crippen LogP contribution in [0.5, 0.6) is 0 Å². The maximum Gasteiger partial charge on any atom is 0.356 e. The number of hydrogen-bond acceptors (Lipinski definition) is 6. The lowest BCUT2D eigenvalue weighted by Crippen LogP contribution is -2.18. The maximum atomic E-state index is 11.4. The van der Waals surface area contributed by atoms with E-state index in [1.165, 1.54) is 19.2 Å². The molecular formula is C12H13N3O4. The van der Waals surface area contributed by atoms with Crippen LogP contribution in [0.15, 0.2) is 24.3 Å².